The Bertz CT molecular complexity index is 437. The number of carbonyl (C=O) groups is 1. The molecule has 4 nitrogen and oxygen atoms in total. The minimum Gasteiger partial charge on any atom is -0.497 e. The Hall–Kier alpha value is -1.20. The molecule has 21 heavy (non-hydrogen) atoms. The molecule has 1 aromatic carbocycles. The molecule has 118 valence electrons. The van der Waals surface area contributed by atoms with Gasteiger partial charge in [0.05, 0.1) is 13.7 Å². The SMILES string of the molecule is CCOC(=O)C(CCSc1cccc(OC)c1)NC(C)C. The Labute approximate surface area is 131 Å². The topological polar surface area (TPSA) is 47.6 Å². The number of methoxy groups -OCH3 is 1. The number of esters is 1. The first-order valence-corrected chi connectivity index (χ1v) is 8.25. The smallest absolute Gasteiger partial charge is 0.323 e. The molecule has 5 heteroatoms. The molecular formula is C16H25NO3S. The summed E-state index contributed by atoms with van der Waals surface area (Å²) < 4.78 is 10.3. The fourth-order valence-corrected chi connectivity index (χ4v) is 2.86. The van der Waals surface area contributed by atoms with Crippen molar-refractivity contribution in [3.63, 3.8) is 0 Å². The Morgan fingerprint density at radius 3 is 2.76 bits per heavy atom. The van der Waals surface area contributed by atoms with Crippen molar-refractivity contribution in [3.05, 3.63) is 24.3 Å². The highest BCUT2D eigenvalue weighted by Crippen LogP contribution is 2.23. The van der Waals surface area contributed by atoms with Crippen LogP contribution in [0, 0.1) is 0 Å². The maximum atomic E-state index is 11.9. The average molecular weight is 311 g/mol. The number of hydrogen-bond acceptors (Lipinski definition) is 5. The first-order chi connectivity index (χ1) is 10.1. The summed E-state index contributed by atoms with van der Waals surface area (Å²) in [4.78, 5) is 13.0. The van der Waals surface area contributed by atoms with E-state index >= 15 is 0 Å². The van der Waals surface area contributed by atoms with Crippen LogP contribution in [0.25, 0.3) is 0 Å². The fraction of sp³-hybridized carbons (Fsp3) is 0.562. The zero-order chi connectivity index (χ0) is 15.7. The summed E-state index contributed by atoms with van der Waals surface area (Å²) in [6.07, 6.45) is 0.735. The van der Waals surface area contributed by atoms with Crippen molar-refractivity contribution >= 4 is 17.7 Å². The molecule has 0 bridgehead atoms. The van der Waals surface area contributed by atoms with Crippen LogP contribution >= 0.6 is 11.8 Å². The molecule has 1 N–H and O–H groups in total. The second kappa shape index (κ2) is 9.68. The maximum absolute atomic E-state index is 11.9. The van der Waals surface area contributed by atoms with E-state index in [4.69, 9.17) is 9.47 Å². The summed E-state index contributed by atoms with van der Waals surface area (Å²) >= 11 is 1.71. The lowest BCUT2D eigenvalue weighted by Gasteiger charge is -2.19. The molecule has 0 saturated carbocycles. The van der Waals surface area contributed by atoms with Crippen molar-refractivity contribution in [3.8, 4) is 5.75 Å². The molecule has 0 aliphatic rings. The van der Waals surface area contributed by atoms with Gasteiger partial charge in [-0.3, -0.25) is 4.79 Å². The third kappa shape index (κ3) is 6.87. The van der Waals surface area contributed by atoms with E-state index in [9.17, 15) is 4.79 Å². The molecule has 0 aliphatic heterocycles. The van der Waals surface area contributed by atoms with Crippen molar-refractivity contribution in [1.29, 1.82) is 0 Å². The normalized spacial score (nSPS) is 12.2. The number of thioether (sulfide) groups is 1. The highest BCUT2D eigenvalue weighted by atomic mass is 32.2. The van der Waals surface area contributed by atoms with Gasteiger partial charge in [-0.15, -0.1) is 11.8 Å². The van der Waals surface area contributed by atoms with Crippen molar-refractivity contribution in [1.82, 2.24) is 5.32 Å². The number of benzene rings is 1. The monoisotopic (exact) mass is 311 g/mol. The lowest BCUT2D eigenvalue weighted by molar-refractivity contribution is -0.145. The van der Waals surface area contributed by atoms with Gasteiger partial charge in [0.25, 0.3) is 0 Å². The Morgan fingerprint density at radius 1 is 1.38 bits per heavy atom. The van der Waals surface area contributed by atoms with Gasteiger partial charge in [-0.2, -0.15) is 0 Å². The Morgan fingerprint density at radius 2 is 2.14 bits per heavy atom. The van der Waals surface area contributed by atoms with E-state index in [0.29, 0.717) is 6.61 Å². The highest BCUT2D eigenvalue weighted by molar-refractivity contribution is 7.99. The largest absolute Gasteiger partial charge is 0.497 e. The predicted molar refractivity (Wildman–Crippen MR) is 87.0 cm³/mol. The van der Waals surface area contributed by atoms with Gasteiger partial charge >= 0.3 is 5.97 Å². The van der Waals surface area contributed by atoms with Crippen LogP contribution in [-0.4, -0.2) is 37.5 Å². The number of ether oxygens (including phenoxy) is 2. The molecule has 1 rings (SSSR count). The van der Waals surface area contributed by atoms with Crippen LogP contribution in [0.2, 0.25) is 0 Å². The van der Waals surface area contributed by atoms with E-state index < -0.39 is 0 Å². The van der Waals surface area contributed by atoms with Crippen LogP contribution in [0.1, 0.15) is 27.2 Å². The lowest BCUT2D eigenvalue weighted by Crippen LogP contribution is -2.42. The summed E-state index contributed by atoms with van der Waals surface area (Å²) in [6, 6.07) is 7.94. The lowest BCUT2D eigenvalue weighted by atomic mass is 10.2. The number of carbonyl (C=O) groups excluding carboxylic acids is 1. The van der Waals surface area contributed by atoms with E-state index in [-0.39, 0.29) is 18.1 Å². The van der Waals surface area contributed by atoms with E-state index in [0.717, 1.165) is 22.8 Å². The fourth-order valence-electron chi connectivity index (χ4n) is 1.90. The van der Waals surface area contributed by atoms with Gasteiger partial charge in [0.1, 0.15) is 11.8 Å². The molecule has 0 amide bonds. The molecule has 0 saturated heterocycles. The van der Waals surface area contributed by atoms with Crippen LogP contribution in [0.15, 0.2) is 29.2 Å². The summed E-state index contributed by atoms with van der Waals surface area (Å²) in [7, 11) is 1.66. The summed E-state index contributed by atoms with van der Waals surface area (Å²) in [6.45, 7) is 6.30. The van der Waals surface area contributed by atoms with Crippen molar-refractivity contribution in [2.24, 2.45) is 0 Å². The first-order valence-electron chi connectivity index (χ1n) is 7.26. The molecule has 0 heterocycles. The molecule has 0 fully saturated rings. The molecule has 0 aliphatic carbocycles. The summed E-state index contributed by atoms with van der Waals surface area (Å²) in [5.41, 5.74) is 0. The molecular weight excluding hydrogens is 286 g/mol. The average Bonchev–Trinajstić information content (AvgIpc) is 2.46. The van der Waals surface area contributed by atoms with Gasteiger partial charge in [0, 0.05) is 16.7 Å². The van der Waals surface area contributed by atoms with E-state index in [1.165, 1.54) is 0 Å². The Balaban J connectivity index is 2.50. The molecule has 0 spiro atoms. The number of rotatable bonds is 9. The molecule has 0 aromatic heterocycles. The summed E-state index contributed by atoms with van der Waals surface area (Å²) in [5, 5.41) is 3.26. The van der Waals surface area contributed by atoms with Gasteiger partial charge in [-0.25, -0.2) is 0 Å². The molecule has 0 radical (unpaired) electrons. The van der Waals surface area contributed by atoms with Gasteiger partial charge in [0.15, 0.2) is 0 Å². The molecule has 1 unspecified atom stereocenters. The highest BCUT2D eigenvalue weighted by Gasteiger charge is 2.19. The predicted octanol–water partition coefficient (Wildman–Crippen LogP) is 3.11. The second-order valence-corrected chi connectivity index (χ2v) is 6.11. The second-order valence-electron chi connectivity index (χ2n) is 4.94. The minimum atomic E-state index is -0.247. The first kappa shape index (κ1) is 17.9. The summed E-state index contributed by atoms with van der Waals surface area (Å²) in [5.74, 6) is 1.52. The minimum absolute atomic E-state index is 0.169. The zero-order valence-corrected chi connectivity index (χ0v) is 14.0. The Kier molecular flexibility index (Phi) is 8.23. The quantitative estimate of drug-likeness (QED) is 0.561. The van der Waals surface area contributed by atoms with Gasteiger partial charge in [0.2, 0.25) is 0 Å². The van der Waals surface area contributed by atoms with E-state index in [1.807, 2.05) is 45.0 Å². The maximum Gasteiger partial charge on any atom is 0.323 e. The number of hydrogen-bond donors (Lipinski definition) is 1. The standard InChI is InChI=1S/C16H25NO3S/c1-5-20-16(18)15(17-12(2)3)9-10-21-14-8-6-7-13(11-14)19-4/h6-8,11-12,15,17H,5,9-10H2,1-4H3. The van der Waals surface area contributed by atoms with Crippen LogP contribution in [0.5, 0.6) is 5.75 Å². The molecule has 1 atom stereocenters. The van der Waals surface area contributed by atoms with Gasteiger partial charge < -0.3 is 14.8 Å². The van der Waals surface area contributed by atoms with Crippen LogP contribution < -0.4 is 10.1 Å². The van der Waals surface area contributed by atoms with Gasteiger partial charge in [-0.1, -0.05) is 19.9 Å². The van der Waals surface area contributed by atoms with Crippen molar-refractivity contribution < 1.29 is 14.3 Å². The zero-order valence-electron chi connectivity index (χ0n) is 13.2. The van der Waals surface area contributed by atoms with Crippen LogP contribution in [-0.2, 0) is 9.53 Å². The number of nitrogens with one attached hydrogen (secondary N) is 1. The van der Waals surface area contributed by atoms with Crippen molar-refractivity contribution in [2.75, 3.05) is 19.5 Å². The van der Waals surface area contributed by atoms with Crippen molar-refractivity contribution in [2.45, 2.75) is 44.2 Å². The van der Waals surface area contributed by atoms with E-state index in [1.54, 1.807) is 18.9 Å². The van der Waals surface area contributed by atoms with Gasteiger partial charge in [-0.05, 0) is 31.5 Å². The third-order valence-corrected chi connectivity index (χ3v) is 3.85. The van der Waals surface area contributed by atoms with Crippen LogP contribution in [0.3, 0.4) is 0 Å². The van der Waals surface area contributed by atoms with Crippen LogP contribution in [0.4, 0.5) is 0 Å². The molecule has 1 aromatic rings. The van der Waals surface area contributed by atoms with E-state index in [2.05, 4.69) is 5.32 Å². The third-order valence-electron chi connectivity index (χ3n) is 2.82.